The van der Waals surface area contributed by atoms with Crippen molar-refractivity contribution in [2.75, 3.05) is 0 Å². The van der Waals surface area contributed by atoms with Gasteiger partial charge in [-0.25, -0.2) is 13.9 Å². The van der Waals surface area contributed by atoms with Crippen molar-refractivity contribution in [1.82, 2.24) is 29.7 Å². The molecule has 1 aromatic carbocycles. The Morgan fingerprint density at radius 2 is 1.93 bits per heavy atom. The van der Waals surface area contributed by atoms with Gasteiger partial charge in [-0.05, 0) is 30.3 Å². The number of aryl methyl sites for hydroxylation is 1. The molecule has 0 aliphatic rings. The molecule has 8 heteroatoms. The standard InChI is InChI=1S/C19H17FN6O/c1-12(27)21-9-15-10-26-19(23-15)16(7-8-22-26)17-11-25(2)24-18(17)13-3-5-14(20)6-4-13/h3-8,10-11H,9H2,1-2H3,(H,21,27). The average molecular weight is 364 g/mol. The highest BCUT2D eigenvalue weighted by Crippen LogP contribution is 2.32. The van der Waals surface area contributed by atoms with E-state index in [-0.39, 0.29) is 11.7 Å². The van der Waals surface area contributed by atoms with E-state index in [4.69, 9.17) is 0 Å². The molecule has 27 heavy (non-hydrogen) atoms. The number of fused-ring (bicyclic) bond motifs is 1. The predicted molar refractivity (Wildman–Crippen MR) is 98.1 cm³/mol. The molecule has 0 saturated carbocycles. The maximum Gasteiger partial charge on any atom is 0.217 e. The zero-order valence-corrected chi connectivity index (χ0v) is 14.8. The third-order valence-corrected chi connectivity index (χ3v) is 4.17. The number of rotatable bonds is 4. The second kappa shape index (κ2) is 6.64. The zero-order valence-electron chi connectivity index (χ0n) is 14.8. The van der Waals surface area contributed by atoms with Gasteiger partial charge in [0.15, 0.2) is 5.65 Å². The molecule has 136 valence electrons. The fourth-order valence-electron chi connectivity index (χ4n) is 2.96. The lowest BCUT2D eigenvalue weighted by Gasteiger charge is -2.04. The molecule has 0 aliphatic carbocycles. The minimum atomic E-state index is -0.293. The largest absolute Gasteiger partial charge is 0.351 e. The molecule has 0 bridgehead atoms. The third-order valence-electron chi connectivity index (χ3n) is 4.17. The Morgan fingerprint density at radius 1 is 1.15 bits per heavy atom. The van der Waals surface area contributed by atoms with Crippen molar-refractivity contribution in [3.05, 3.63) is 60.4 Å². The molecule has 0 saturated heterocycles. The van der Waals surface area contributed by atoms with E-state index in [2.05, 4.69) is 20.5 Å². The second-order valence-corrected chi connectivity index (χ2v) is 6.23. The van der Waals surface area contributed by atoms with Gasteiger partial charge in [0.05, 0.1) is 18.4 Å². The van der Waals surface area contributed by atoms with E-state index in [0.29, 0.717) is 17.9 Å². The lowest BCUT2D eigenvalue weighted by Crippen LogP contribution is -2.18. The maximum atomic E-state index is 13.3. The first-order valence-corrected chi connectivity index (χ1v) is 8.39. The Kier molecular flexibility index (Phi) is 4.15. The Morgan fingerprint density at radius 3 is 2.67 bits per heavy atom. The number of hydrogen-bond donors (Lipinski definition) is 1. The van der Waals surface area contributed by atoms with Gasteiger partial charge in [-0.1, -0.05) is 0 Å². The number of nitrogens with one attached hydrogen (secondary N) is 1. The summed E-state index contributed by atoms with van der Waals surface area (Å²) in [6.07, 6.45) is 5.37. The Hall–Kier alpha value is -3.55. The van der Waals surface area contributed by atoms with Crippen molar-refractivity contribution in [2.45, 2.75) is 13.5 Å². The highest BCUT2D eigenvalue weighted by Gasteiger charge is 2.17. The van der Waals surface area contributed by atoms with E-state index in [1.54, 1.807) is 33.7 Å². The number of halogens is 1. The normalized spacial score (nSPS) is 11.1. The number of carbonyl (C=O) groups excluding carboxylic acids is 1. The summed E-state index contributed by atoms with van der Waals surface area (Å²) >= 11 is 0. The first-order valence-electron chi connectivity index (χ1n) is 8.39. The van der Waals surface area contributed by atoms with Crippen molar-refractivity contribution in [1.29, 1.82) is 0 Å². The number of hydrogen-bond acceptors (Lipinski definition) is 4. The van der Waals surface area contributed by atoms with E-state index in [1.807, 2.05) is 19.3 Å². The molecule has 0 radical (unpaired) electrons. The van der Waals surface area contributed by atoms with E-state index >= 15 is 0 Å². The topological polar surface area (TPSA) is 77.1 Å². The van der Waals surface area contributed by atoms with Crippen LogP contribution in [0.2, 0.25) is 0 Å². The van der Waals surface area contributed by atoms with Crippen LogP contribution in [0.5, 0.6) is 0 Å². The first-order chi connectivity index (χ1) is 13.0. The van der Waals surface area contributed by atoms with Crippen molar-refractivity contribution in [2.24, 2.45) is 7.05 Å². The third kappa shape index (κ3) is 3.29. The van der Waals surface area contributed by atoms with Gasteiger partial charge < -0.3 is 5.32 Å². The molecular formula is C19H17FN6O. The van der Waals surface area contributed by atoms with E-state index < -0.39 is 0 Å². The van der Waals surface area contributed by atoms with Crippen LogP contribution in [0.1, 0.15) is 12.6 Å². The van der Waals surface area contributed by atoms with Gasteiger partial charge >= 0.3 is 0 Å². The van der Waals surface area contributed by atoms with Crippen molar-refractivity contribution in [3.63, 3.8) is 0 Å². The number of aromatic nitrogens is 5. The quantitative estimate of drug-likeness (QED) is 0.604. The van der Waals surface area contributed by atoms with Gasteiger partial charge in [0.1, 0.15) is 11.5 Å². The van der Waals surface area contributed by atoms with Crippen molar-refractivity contribution >= 4 is 11.6 Å². The van der Waals surface area contributed by atoms with Crippen LogP contribution in [0.15, 0.2) is 48.9 Å². The van der Waals surface area contributed by atoms with Crippen LogP contribution in [0.3, 0.4) is 0 Å². The lowest BCUT2D eigenvalue weighted by atomic mass is 10.0. The fourth-order valence-corrected chi connectivity index (χ4v) is 2.96. The number of carbonyl (C=O) groups is 1. The molecule has 3 heterocycles. The SMILES string of the molecule is CC(=O)NCc1cn2nccc(-c3cn(C)nc3-c3ccc(F)cc3)c2n1. The minimum absolute atomic E-state index is 0.119. The molecular weight excluding hydrogens is 347 g/mol. The molecule has 0 atom stereocenters. The molecule has 0 unspecified atom stereocenters. The number of imidazole rings is 1. The number of benzene rings is 1. The summed E-state index contributed by atoms with van der Waals surface area (Å²) < 4.78 is 16.7. The summed E-state index contributed by atoms with van der Waals surface area (Å²) in [6.45, 7) is 1.79. The zero-order chi connectivity index (χ0) is 19.0. The Bertz CT molecular complexity index is 1130. The van der Waals surface area contributed by atoms with Crippen LogP contribution < -0.4 is 5.32 Å². The first kappa shape index (κ1) is 16.9. The minimum Gasteiger partial charge on any atom is -0.351 e. The fraction of sp³-hybridized carbons (Fsp3) is 0.158. The van der Waals surface area contributed by atoms with Crippen LogP contribution >= 0.6 is 0 Å². The summed E-state index contributed by atoms with van der Waals surface area (Å²) in [7, 11) is 1.84. The average Bonchev–Trinajstić information content (AvgIpc) is 3.23. The van der Waals surface area contributed by atoms with Crippen LogP contribution in [-0.4, -0.2) is 30.3 Å². The van der Waals surface area contributed by atoms with Crippen LogP contribution in [0, 0.1) is 5.82 Å². The molecule has 7 nitrogen and oxygen atoms in total. The smallest absolute Gasteiger partial charge is 0.217 e. The van der Waals surface area contributed by atoms with Gasteiger partial charge in [0.2, 0.25) is 5.91 Å². The van der Waals surface area contributed by atoms with Gasteiger partial charge in [-0.3, -0.25) is 9.48 Å². The molecule has 4 aromatic rings. The summed E-state index contributed by atoms with van der Waals surface area (Å²) in [5.41, 5.74) is 4.63. The number of amides is 1. The van der Waals surface area contributed by atoms with Gasteiger partial charge in [-0.15, -0.1) is 0 Å². The van der Waals surface area contributed by atoms with E-state index in [0.717, 1.165) is 22.4 Å². The highest BCUT2D eigenvalue weighted by molar-refractivity contribution is 5.87. The van der Waals surface area contributed by atoms with E-state index in [1.165, 1.54) is 19.1 Å². The van der Waals surface area contributed by atoms with E-state index in [9.17, 15) is 9.18 Å². The summed E-state index contributed by atoms with van der Waals surface area (Å²) in [5, 5.41) is 11.6. The molecule has 1 N–H and O–H groups in total. The van der Waals surface area contributed by atoms with Gasteiger partial charge in [0.25, 0.3) is 0 Å². The van der Waals surface area contributed by atoms with Gasteiger partial charge in [-0.2, -0.15) is 10.2 Å². The molecule has 0 aliphatic heterocycles. The molecule has 0 fully saturated rings. The monoisotopic (exact) mass is 364 g/mol. The second-order valence-electron chi connectivity index (χ2n) is 6.23. The molecule has 1 amide bonds. The van der Waals surface area contributed by atoms with Crippen molar-refractivity contribution < 1.29 is 9.18 Å². The number of nitrogens with zero attached hydrogens (tertiary/aromatic N) is 5. The van der Waals surface area contributed by atoms with Gasteiger partial charge in [0, 0.05) is 43.1 Å². The molecule has 4 rings (SSSR count). The predicted octanol–water partition coefficient (Wildman–Crippen LogP) is 2.57. The van der Waals surface area contributed by atoms with Crippen molar-refractivity contribution in [3.8, 4) is 22.4 Å². The summed E-state index contributed by atoms with van der Waals surface area (Å²) in [5.74, 6) is -0.413. The maximum absolute atomic E-state index is 13.3. The molecule has 3 aromatic heterocycles. The van der Waals surface area contributed by atoms with Crippen LogP contribution in [-0.2, 0) is 18.4 Å². The summed E-state index contributed by atoms with van der Waals surface area (Å²) in [6, 6.07) is 8.10. The lowest BCUT2D eigenvalue weighted by molar-refractivity contribution is -0.119. The Balaban J connectivity index is 1.83. The molecule has 0 spiro atoms. The summed E-state index contributed by atoms with van der Waals surface area (Å²) in [4.78, 5) is 15.8. The highest BCUT2D eigenvalue weighted by atomic mass is 19.1. The van der Waals surface area contributed by atoms with Crippen LogP contribution in [0.25, 0.3) is 28.0 Å². The van der Waals surface area contributed by atoms with Crippen LogP contribution in [0.4, 0.5) is 4.39 Å². The Labute approximate surface area is 154 Å².